The van der Waals surface area contributed by atoms with E-state index in [0.717, 1.165) is 5.69 Å². The predicted molar refractivity (Wildman–Crippen MR) is 72.9 cm³/mol. The van der Waals surface area contributed by atoms with E-state index in [4.69, 9.17) is 0 Å². The maximum absolute atomic E-state index is 12.4. The minimum atomic E-state index is -0.162. The third-order valence-corrected chi connectivity index (χ3v) is 2.80. The number of aromatic nitrogens is 2. The largest absolute Gasteiger partial charge is 0.352 e. The molecule has 0 spiro atoms. The Morgan fingerprint density at radius 3 is 2.42 bits per heavy atom. The Labute approximate surface area is 113 Å². The summed E-state index contributed by atoms with van der Waals surface area (Å²) >= 11 is 0. The number of likely N-dealkylation sites (N-methyl/N-ethyl adjacent to an activating group) is 1. The number of carbonyl (C=O) groups excluding carboxylic acids is 2. The van der Waals surface area contributed by atoms with E-state index in [1.807, 2.05) is 20.8 Å². The highest BCUT2D eigenvalue weighted by molar-refractivity contribution is 5.98. The molecule has 1 aromatic heterocycles. The maximum atomic E-state index is 12.4. The number of hydrogen-bond donors (Lipinski definition) is 2. The van der Waals surface area contributed by atoms with Crippen molar-refractivity contribution in [3.05, 3.63) is 17.0 Å². The van der Waals surface area contributed by atoms with Gasteiger partial charge in [0.15, 0.2) is 0 Å². The van der Waals surface area contributed by atoms with Gasteiger partial charge in [-0.15, -0.1) is 0 Å². The maximum Gasteiger partial charge on any atom is 0.258 e. The smallest absolute Gasteiger partial charge is 0.258 e. The van der Waals surface area contributed by atoms with Gasteiger partial charge in [0.25, 0.3) is 5.91 Å². The number of amides is 2. The molecule has 0 aliphatic rings. The first-order chi connectivity index (χ1) is 8.86. The molecule has 0 aliphatic heterocycles. The molecule has 6 nitrogen and oxygen atoms in total. The SMILES string of the molecule is CCN(CC(=O)NC(C)C)C(=O)c1c(C)n[nH]c1C. The van der Waals surface area contributed by atoms with E-state index in [-0.39, 0.29) is 24.4 Å². The van der Waals surface area contributed by atoms with Gasteiger partial charge in [0, 0.05) is 18.3 Å². The molecule has 0 saturated heterocycles. The molecule has 0 atom stereocenters. The van der Waals surface area contributed by atoms with Crippen LogP contribution in [0.5, 0.6) is 0 Å². The van der Waals surface area contributed by atoms with E-state index in [1.54, 1.807) is 13.8 Å². The Balaban J connectivity index is 2.81. The van der Waals surface area contributed by atoms with Crippen LogP contribution in [-0.2, 0) is 4.79 Å². The average Bonchev–Trinajstić information content (AvgIpc) is 2.64. The van der Waals surface area contributed by atoms with E-state index < -0.39 is 0 Å². The van der Waals surface area contributed by atoms with Gasteiger partial charge in [0.1, 0.15) is 0 Å². The zero-order chi connectivity index (χ0) is 14.6. The molecule has 2 amide bonds. The summed E-state index contributed by atoms with van der Waals surface area (Å²) in [4.78, 5) is 25.6. The number of nitrogens with zero attached hydrogens (tertiary/aromatic N) is 2. The van der Waals surface area contributed by atoms with E-state index in [2.05, 4.69) is 15.5 Å². The van der Waals surface area contributed by atoms with Gasteiger partial charge in [-0.1, -0.05) is 0 Å². The van der Waals surface area contributed by atoms with Crippen LogP contribution in [0.15, 0.2) is 0 Å². The highest BCUT2D eigenvalue weighted by Gasteiger charge is 2.22. The monoisotopic (exact) mass is 266 g/mol. The van der Waals surface area contributed by atoms with Crippen LogP contribution in [0.2, 0.25) is 0 Å². The lowest BCUT2D eigenvalue weighted by molar-refractivity contribution is -0.122. The van der Waals surface area contributed by atoms with Gasteiger partial charge in [-0.3, -0.25) is 14.7 Å². The summed E-state index contributed by atoms with van der Waals surface area (Å²) in [6.45, 7) is 9.76. The van der Waals surface area contributed by atoms with Crippen molar-refractivity contribution in [1.82, 2.24) is 20.4 Å². The van der Waals surface area contributed by atoms with Gasteiger partial charge in [-0.25, -0.2) is 0 Å². The third-order valence-electron chi connectivity index (χ3n) is 2.80. The van der Waals surface area contributed by atoms with Crippen molar-refractivity contribution >= 4 is 11.8 Å². The average molecular weight is 266 g/mol. The number of aromatic amines is 1. The van der Waals surface area contributed by atoms with E-state index in [9.17, 15) is 9.59 Å². The number of hydrogen-bond acceptors (Lipinski definition) is 3. The van der Waals surface area contributed by atoms with Gasteiger partial charge in [-0.05, 0) is 34.6 Å². The molecular formula is C13H22N4O2. The molecule has 19 heavy (non-hydrogen) atoms. The van der Waals surface area contributed by atoms with Crippen molar-refractivity contribution in [2.24, 2.45) is 0 Å². The molecule has 0 aromatic carbocycles. The van der Waals surface area contributed by atoms with Crippen LogP contribution in [0.25, 0.3) is 0 Å². The first kappa shape index (κ1) is 15.2. The van der Waals surface area contributed by atoms with E-state index in [0.29, 0.717) is 17.8 Å². The zero-order valence-electron chi connectivity index (χ0n) is 12.2. The fourth-order valence-electron chi connectivity index (χ4n) is 1.89. The molecule has 0 fully saturated rings. The Hall–Kier alpha value is -1.85. The molecule has 2 N–H and O–H groups in total. The molecule has 1 rings (SSSR count). The molecule has 1 aromatic rings. The third kappa shape index (κ3) is 3.81. The van der Waals surface area contributed by atoms with Crippen LogP contribution in [-0.4, -0.2) is 46.0 Å². The van der Waals surface area contributed by atoms with Crippen molar-refractivity contribution in [1.29, 1.82) is 0 Å². The number of aryl methyl sites for hydroxylation is 2. The summed E-state index contributed by atoms with van der Waals surface area (Å²) in [5.74, 6) is -0.311. The van der Waals surface area contributed by atoms with Crippen LogP contribution >= 0.6 is 0 Å². The van der Waals surface area contributed by atoms with Gasteiger partial charge in [-0.2, -0.15) is 5.10 Å². The molecule has 1 heterocycles. The molecule has 6 heteroatoms. The summed E-state index contributed by atoms with van der Waals surface area (Å²) in [5, 5.41) is 9.57. The number of H-pyrrole nitrogens is 1. The van der Waals surface area contributed by atoms with Gasteiger partial charge < -0.3 is 10.2 Å². The van der Waals surface area contributed by atoms with Gasteiger partial charge >= 0.3 is 0 Å². The summed E-state index contributed by atoms with van der Waals surface area (Å²) in [5.41, 5.74) is 1.94. The first-order valence-electron chi connectivity index (χ1n) is 6.47. The minimum Gasteiger partial charge on any atom is -0.352 e. The van der Waals surface area contributed by atoms with Crippen LogP contribution in [0.4, 0.5) is 0 Å². The van der Waals surface area contributed by atoms with Crippen molar-refractivity contribution in [3.8, 4) is 0 Å². The minimum absolute atomic E-state index is 0.0670. The Kier molecular flexibility index (Phi) is 5.09. The first-order valence-corrected chi connectivity index (χ1v) is 6.47. The second-order valence-electron chi connectivity index (χ2n) is 4.85. The second kappa shape index (κ2) is 6.36. The van der Waals surface area contributed by atoms with Crippen molar-refractivity contribution < 1.29 is 9.59 Å². The summed E-state index contributed by atoms with van der Waals surface area (Å²) in [7, 11) is 0. The summed E-state index contributed by atoms with van der Waals surface area (Å²) in [6, 6.07) is 0.0682. The summed E-state index contributed by atoms with van der Waals surface area (Å²) < 4.78 is 0. The molecule has 0 unspecified atom stereocenters. The number of rotatable bonds is 5. The Morgan fingerprint density at radius 1 is 1.37 bits per heavy atom. The van der Waals surface area contributed by atoms with E-state index >= 15 is 0 Å². The molecule has 0 aliphatic carbocycles. The van der Waals surface area contributed by atoms with Gasteiger partial charge in [0.05, 0.1) is 17.8 Å². The van der Waals surface area contributed by atoms with Crippen LogP contribution in [0.1, 0.15) is 42.5 Å². The topological polar surface area (TPSA) is 78.1 Å². The molecular weight excluding hydrogens is 244 g/mol. The molecule has 0 bridgehead atoms. The highest BCUT2D eigenvalue weighted by Crippen LogP contribution is 2.12. The highest BCUT2D eigenvalue weighted by atomic mass is 16.2. The molecule has 0 saturated carbocycles. The lowest BCUT2D eigenvalue weighted by atomic mass is 10.1. The molecule has 0 radical (unpaired) electrons. The predicted octanol–water partition coefficient (Wildman–Crippen LogP) is 1.01. The number of carbonyl (C=O) groups is 2. The van der Waals surface area contributed by atoms with Crippen molar-refractivity contribution in [2.75, 3.05) is 13.1 Å². The lowest BCUT2D eigenvalue weighted by Crippen LogP contribution is -2.42. The van der Waals surface area contributed by atoms with Crippen molar-refractivity contribution in [2.45, 2.75) is 40.7 Å². The normalized spacial score (nSPS) is 10.6. The van der Waals surface area contributed by atoms with Crippen molar-refractivity contribution in [3.63, 3.8) is 0 Å². The van der Waals surface area contributed by atoms with Gasteiger partial charge in [0.2, 0.25) is 5.91 Å². The summed E-state index contributed by atoms with van der Waals surface area (Å²) in [6.07, 6.45) is 0. The zero-order valence-corrected chi connectivity index (χ0v) is 12.2. The number of nitrogens with one attached hydrogen (secondary N) is 2. The van der Waals surface area contributed by atoms with Crippen LogP contribution in [0, 0.1) is 13.8 Å². The van der Waals surface area contributed by atoms with Crippen LogP contribution in [0.3, 0.4) is 0 Å². The Morgan fingerprint density at radius 2 is 2.00 bits per heavy atom. The Bertz CT molecular complexity index is 446. The van der Waals surface area contributed by atoms with Crippen LogP contribution < -0.4 is 5.32 Å². The lowest BCUT2D eigenvalue weighted by Gasteiger charge is -2.21. The second-order valence-corrected chi connectivity index (χ2v) is 4.85. The standard InChI is InChI=1S/C13H22N4O2/c1-6-17(7-11(18)14-8(2)3)13(19)12-9(4)15-16-10(12)5/h8H,6-7H2,1-5H3,(H,14,18)(H,15,16). The van der Waals surface area contributed by atoms with E-state index in [1.165, 1.54) is 4.90 Å². The fourth-order valence-corrected chi connectivity index (χ4v) is 1.89. The quantitative estimate of drug-likeness (QED) is 0.835. The fraction of sp³-hybridized carbons (Fsp3) is 0.615. The molecule has 106 valence electrons.